The number of nitrogens with one attached hydrogen (secondary N) is 1. The summed E-state index contributed by atoms with van der Waals surface area (Å²) in [6, 6.07) is 0.448. The third kappa shape index (κ3) is 3.34. The summed E-state index contributed by atoms with van der Waals surface area (Å²) in [5.41, 5.74) is -0.141. The summed E-state index contributed by atoms with van der Waals surface area (Å²) in [7, 11) is 0. The SMILES string of the molecule is CC1C(NCC2CCOCC2)CCC(C(=O)O)C1(C)C. The van der Waals surface area contributed by atoms with Gasteiger partial charge >= 0.3 is 5.97 Å². The second-order valence-electron chi connectivity index (χ2n) is 7.15. The Kier molecular flexibility index (Phi) is 5.08. The van der Waals surface area contributed by atoms with Crippen molar-refractivity contribution < 1.29 is 14.6 Å². The van der Waals surface area contributed by atoms with Crippen LogP contribution in [-0.2, 0) is 9.53 Å². The summed E-state index contributed by atoms with van der Waals surface area (Å²) in [6.45, 7) is 9.25. The number of carbonyl (C=O) groups is 1. The summed E-state index contributed by atoms with van der Waals surface area (Å²) in [5, 5.41) is 13.1. The van der Waals surface area contributed by atoms with E-state index in [-0.39, 0.29) is 11.3 Å². The molecule has 1 saturated carbocycles. The zero-order chi connectivity index (χ0) is 14.8. The predicted molar refractivity (Wildman–Crippen MR) is 78.6 cm³/mol. The molecule has 2 fully saturated rings. The number of hydrogen-bond acceptors (Lipinski definition) is 3. The molecule has 2 N–H and O–H groups in total. The third-order valence-electron chi connectivity index (χ3n) is 5.75. The first-order valence-corrected chi connectivity index (χ1v) is 7.97. The Bertz CT molecular complexity index is 337. The molecule has 0 aromatic rings. The van der Waals surface area contributed by atoms with Crippen LogP contribution in [0.1, 0.15) is 46.5 Å². The Morgan fingerprint density at radius 2 is 1.90 bits per heavy atom. The molecule has 20 heavy (non-hydrogen) atoms. The van der Waals surface area contributed by atoms with E-state index >= 15 is 0 Å². The first-order chi connectivity index (χ1) is 9.43. The van der Waals surface area contributed by atoms with Gasteiger partial charge in [0, 0.05) is 19.3 Å². The highest BCUT2D eigenvalue weighted by molar-refractivity contribution is 5.71. The van der Waals surface area contributed by atoms with Crippen LogP contribution in [0.2, 0.25) is 0 Å². The largest absolute Gasteiger partial charge is 0.481 e. The average molecular weight is 283 g/mol. The minimum Gasteiger partial charge on any atom is -0.481 e. The highest BCUT2D eigenvalue weighted by Crippen LogP contribution is 2.45. The molecule has 0 amide bonds. The summed E-state index contributed by atoms with van der Waals surface area (Å²) < 4.78 is 5.39. The number of carboxylic acids is 1. The van der Waals surface area contributed by atoms with Crippen LogP contribution in [0.15, 0.2) is 0 Å². The van der Waals surface area contributed by atoms with E-state index in [4.69, 9.17) is 4.74 Å². The molecule has 2 rings (SSSR count). The van der Waals surface area contributed by atoms with E-state index in [0.717, 1.165) is 51.4 Å². The van der Waals surface area contributed by atoms with Crippen LogP contribution in [0.5, 0.6) is 0 Å². The van der Waals surface area contributed by atoms with Crippen molar-refractivity contribution in [3.63, 3.8) is 0 Å². The van der Waals surface area contributed by atoms with Crippen molar-refractivity contribution in [3.05, 3.63) is 0 Å². The minimum atomic E-state index is -0.635. The lowest BCUT2D eigenvalue weighted by molar-refractivity contribution is -0.150. The molecule has 0 spiro atoms. The van der Waals surface area contributed by atoms with Crippen molar-refractivity contribution in [2.45, 2.75) is 52.5 Å². The lowest BCUT2D eigenvalue weighted by atomic mass is 9.61. The molecule has 0 aromatic carbocycles. The number of hydrogen-bond donors (Lipinski definition) is 2. The van der Waals surface area contributed by atoms with E-state index in [1.807, 2.05) is 0 Å². The van der Waals surface area contributed by atoms with Crippen molar-refractivity contribution in [2.75, 3.05) is 19.8 Å². The van der Waals surface area contributed by atoms with Gasteiger partial charge < -0.3 is 15.2 Å². The lowest BCUT2D eigenvalue weighted by Crippen LogP contribution is -2.52. The normalized spacial score (nSPS) is 34.9. The van der Waals surface area contributed by atoms with Crippen LogP contribution in [0.25, 0.3) is 0 Å². The quantitative estimate of drug-likeness (QED) is 0.832. The molecular weight excluding hydrogens is 254 g/mol. The van der Waals surface area contributed by atoms with Gasteiger partial charge in [0.15, 0.2) is 0 Å². The summed E-state index contributed by atoms with van der Waals surface area (Å²) in [5.74, 6) is 0.261. The molecule has 4 heteroatoms. The fourth-order valence-electron chi connectivity index (χ4n) is 3.79. The zero-order valence-corrected chi connectivity index (χ0v) is 13.0. The molecule has 3 unspecified atom stereocenters. The van der Waals surface area contributed by atoms with Gasteiger partial charge in [-0.05, 0) is 49.5 Å². The standard InChI is InChI=1S/C16H29NO3/c1-11-14(17-10-12-6-8-20-9-7-12)5-4-13(15(18)19)16(11,2)3/h11-14,17H,4-10H2,1-3H3,(H,18,19). The molecule has 1 heterocycles. The van der Waals surface area contributed by atoms with Crippen molar-refractivity contribution >= 4 is 5.97 Å². The number of carboxylic acid groups (broad SMARTS) is 1. The van der Waals surface area contributed by atoms with Crippen molar-refractivity contribution in [1.82, 2.24) is 5.32 Å². The molecule has 0 radical (unpaired) electrons. The monoisotopic (exact) mass is 283 g/mol. The molecule has 116 valence electrons. The first kappa shape index (κ1) is 15.8. The van der Waals surface area contributed by atoms with Gasteiger partial charge in [-0.15, -0.1) is 0 Å². The van der Waals surface area contributed by atoms with Crippen molar-refractivity contribution in [3.8, 4) is 0 Å². The molecule has 0 aromatic heterocycles. The van der Waals surface area contributed by atoms with Crippen LogP contribution in [0.3, 0.4) is 0 Å². The van der Waals surface area contributed by atoms with E-state index in [2.05, 4.69) is 26.1 Å². The minimum absolute atomic E-state index is 0.141. The molecular formula is C16H29NO3. The average Bonchev–Trinajstić information content (AvgIpc) is 2.41. The highest BCUT2D eigenvalue weighted by Gasteiger charge is 2.46. The summed E-state index contributed by atoms with van der Waals surface area (Å²) in [4.78, 5) is 11.4. The van der Waals surface area contributed by atoms with E-state index in [9.17, 15) is 9.90 Å². The molecule has 4 nitrogen and oxygen atoms in total. The third-order valence-corrected chi connectivity index (χ3v) is 5.75. The number of ether oxygens (including phenoxy) is 1. The van der Waals surface area contributed by atoms with E-state index in [1.165, 1.54) is 0 Å². The fraction of sp³-hybridized carbons (Fsp3) is 0.938. The van der Waals surface area contributed by atoms with Crippen LogP contribution in [-0.4, -0.2) is 36.9 Å². The Hall–Kier alpha value is -0.610. The lowest BCUT2D eigenvalue weighted by Gasteiger charge is -2.46. The van der Waals surface area contributed by atoms with Gasteiger partial charge in [0.25, 0.3) is 0 Å². The molecule has 1 saturated heterocycles. The second-order valence-corrected chi connectivity index (χ2v) is 7.15. The van der Waals surface area contributed by atoms with Gasteiger partial charge in [-0.3, -0.25) is 4.79 Å². The number of rotatable bonds is 4. The maximum atomic E-state index is 11.4. The Labute approximate surface area is 122 Å². The van der Waals surface area contributed by atoms with E-state index < -0.39 is 5.97 Å². The van der Waals surface area contributed by atoms with Gasteiger partial charge in [-0.25, -0.2) is 0 Å². The topological polar surface area (TPSA) is 58.6 Å². The van der Waals surface area contributed by atoms with Gasteiger partial charge in [0.05, 0.1) is 5.92 Å². The summed E-state index contributed by atoms with van der Waals surface area (Å²) in [6.07, 6.45) is 4.06. The Morgan fingerprint density at radius 3 is 2.50 bits per heavy atom. The Balaban J connectivity index is 1.88. The van der Waals surface area contributed by atoms with Crippen molar-refractivity contribution in [2.24, 2.45) is 23.2 Å². The molecule has 0 bridgehead atoms. The van der Waals surface area contributed by atoms with Crippen LogP contribution < -0.4 is 5.32 Å². The predicted octanol–water partition coefficient (Wildman–Crippen LogP) is 2.53. The molecule has 1 aliphatic heterocycles. The maximum Gasteiger partial charge on any atom is 0.307 e. The van der Waals surface area contributed by atoms with Gasteiger partial charge in [0.1, 0.15) is 0 Å². The van der Waals surface area contributed by atoms with Crippen molar-refractivity contribution in [1.29, 1.82) is 0 Å². The molecule has 3 atom stereocenters. The van der Waals surface area contributed by atoms with E-state index in [0.29, 0.717) is 12.0 Å². The second kappa shape index (κ2) is 6.44. The van der Waals surface area contributed by atoms with Gasteiger partial charge in [-0.1, -0.05) is 20.8 Å². The molecule has 1 aliphatic carbocycles. The molecule has 2 aliphatic rings. The van der Waals surface area contributed by atoms with Crippen LogP contribution in [0.4, 0.5) is 0 Å². The van der Waals surface area contributed by atoms with E-state index in [1.54, 1.807) is 0 Å². The smallest absolute Gasteiger partial charge is 0.307 e. The fourth-order valence-corrected chi connectivity index (χ4v) is 3.79. The summed E-state index contributed by atoms with van der Waals surface area (Å²) >= 11 is 0. The Morgan fingerprint density at radius 1 is 1.25 bits per heavy atom. The van der Waals surface area contributed by atoms with Gasteiger partial charge in [0.2, 0.25) is 0 Å². The van der Waals surface area contributed by atoms with Crippen LogP contribution in [0, 0.1) is 23.2 Å². The first-order valence-electron chi connectivity index (χ1n) is 7.97. The maximum absolute atomic E-state index is 11.4. The van der Waals surface area contributed by atoms with Gasteiger partial charge in [-0.2, -0.15) is 0 Å². The number of aliphatic carboxylic acids is 1. The zero-order valence-electron chi connectivity index (χ0n) is 13.0. The highest BCUT2D eigenvalue weighted by atomic mass is 16.5. The van der Waals surface area contributed by atoms with Crippen LogP contribution >= 0.6 is 0 Å².